The zero-order valence-corrected chi connectivity index (χ0v) is 9.18. The van der Waals surface area contributed by atoms with Gasteiger partial charge in [-0.25, -0.2) is 4.39 Å². The molecule has 17 heavy (non-hydrogen) atoms. The van der Waals surface area contributed by atoms with Crippen molar-refractivity contribution in [1.82, 2.24) is 4.98 Å². The summed E-state index contributed by atoms with van der Waals surface area (Å²) in [6, 6.07) is 7.76. The fourth-order valence-electron chi connectivity index (χ4n) is 1.55. The lowest BCUT2D eigenvalue weighted by molar-refractivity contribution is 0.112. The highest BCUT2D eigenvalue weighted by Gasteiger charge is 2.09. The predicted octanol–water partition coefficient (Wildman–Crippen LogP) is 2.71. The average Bonchev–Trinajstić information content (AvgIpc) is 2.39. The summed E-state index contributed by atoms with van der Waals surface area (Å²) in [4.78, 5) is 14.8. The number of nitrogens with zero attached hydrogens (tertiary/aromatic N) is 1. The summed E-state index contributed by atoms with van der Waals surface area (Å²) in [7, 11) is 1.53. The smallest absolute Gasteiger partial charge is 0.153 e. The Morgan fingerprint density at radius 2 is 2.18 bits per heavy atom. The fraction of sp³-hybridized carbons (Fsp3) is 0.0769. The molecular weight excluding hydrogens is 221 g/mol. The molecule has 0 radical (unpaired) electrons. The lowest BCUT2D eigenvalue weighted by atomic mass is 10.1. The van der Waals surface area contributed by atoms with Crippen LogP contribution >= 0.6 is 0 Å². The molecule has 2 aromatic rings. The third-order valence-corrected chi connectivity index (χ3v) is 2.39. The first-order chi connectivity index (χ1) is 8.26. The van der Waals surface area contributed by atoms with E-state index in [1.54, 1.807) is 24.4 Å². The van der Waals surface area contributed by atoms with E-state index >= 15 is 0 Å². The molecule has 1 aromatic heterocycles. The van der Waals surface area contributed by atoms with Crippen LogP contribution < -0.4 is 4.74 Å². The molecule has 0 saturated heterocycles. The number of halogens is 1. The number of hydrogen-bond donors (Lipinski definition) is 0. The van der Waals surface area contributed by atoms with Gasteiger partial charge in [0.15, 0.2) is 6.29 Å². The van der Waals surface area contributed by atoms with Crippen LogP contribution in [0, 0.1) is 5.82 Å². The number of ether oxygens (including phenoxy) is 1. The van der Waals surface area contributed by atoms with Gasteiger partial charge in [0.2, 0.25) is 0 Å². The van der Waals surface area contributed by atoms with Crippen molar-refractivity contribution in [3.8, 4) is 17.0 Å². The molecular formula is C13H10FNO2. The van der Waals surface area contributed by atoms with E-state index in [-0.39, 0.29) is 5.56 Å². The van der Waals surface area contributed by atoms with E-state index < -0.39 is 5.82 Å². The molecule has 0 bridgehead atoms. The van der Waals surface area contributed by atoms with E-state index in [0.717, 1.165) is 0 Å². The van der Waals surface area contributed by atoms with Gasteiger partial charge in [-0.1, -0.05) is 0 Å². The van der Waals surface area contributed by atoms with Gasteiger partial charge < -0.3 is 4.74 Å². The van der Waals surface area contributed by atoms with Crippen molar-refractivity contribution in [3.63, 3.8) is 0 Å². The monoisotopic (exact) mass is 231 g/mol. The summed E-state index contributed by atoms with van der Waals surface area (Å²) in [6.45, 7) is 0. The highest BCUT2D eigenvalue weighted by molar-refractivity contribution is 5.79. The SMILES string of the molecule is COc1cccnc1-c1ccc(F)c(C=O)c1. The highest BCUT2D eigenvalue weighted by atomic mass is 19.1. The normalized spacial score (nSPS) is 10.0. The summed E-state index contributed by atoms with van der Waals surface area (Å²) in [6.07, 6.45) is 2.09. The Kier molecular flexibility index (Phi) is 3.14. The van der Waals surface area contributed by atoms with Gasteiger partial charge in [-0.05, 0) is 30.3 Å². The molecule has 86 valence electrons. The van der Waals surface area contributed by atoms with Gasteiger partial charge in [0.25, 0.3) is 0 Å². The molecule has 0 aliphatic heterocycles. The Balaban J connectivity index is 2.56. The number of carbonyl (C=O) groups excluding carboxylic acids is 1. The van der Waals surface area contributed by atoms with E-state index in [4.69, 9.17) is 4.74 Å². The van der Waals surface area contributed by atoms with Crippen LogP contribution in [0.25, 0.3) is 11.3 Å². The summed E-state index contributed by atoms with van der Waals surface area (Å²) in [5.41, 5.74) is 1.24. The van der Waals surface area contributed by atoms with Gasteiger partial charge in [-0.3, -0.25) is 9.78 Å². The molecule has 2 rings (SSSR count). The maximum Gasteiger partial charge on any atom is 0.153 e. The maximum atomic E-state index is 13.2. The Bertz CT molecular complexity index is 555. The standard InChI is InChI=1S/C13H10FNO2/c1-17-12-3-2-6-15-13(12)9-4-5-11(14)10(7-9)8-16/h2-8H,1H3. The number of aromatic nitrogens is 1. The molecule has 0 saturated carbocycles. The number of methoxy groups -OCH3 is 1. The molecule has 0 amide bonds. The zero-order chi connectivity index (χ0) is 12.3. The molecule has 3 nitrogen and oxygen atoms in total. The molecule has 0 atom stereocenters. The van der Waals surface area contributed by atoms with Crippen LogP contribution in [0.5, 0.6) is 5.75 Å². The lowest BCUT2D eigenvalue weighted by Crippen LogP contribution is -1.93. The van der Waals surface area contributed by atoms with Crippen molar-refractivity contribution in [2.24, 2.45) is 0 Å². The van der Waals surface area contributed by atoms with Gasteiger partial charge in [0.05, 0.1) is 12.7 Å². The first kappa shape index (κ1) is 11.3. The molecule has 0 fully saturated rings. The average molecular weight is 231 g/mol. The van der Waals surface area contributed by atoms with E-state index in [1.807, 2.05) is 0 Å². The largest absolute Gasteiger partial charge is 0.494 e. The van der Waals surface area contributed by atoms with Crippen LogP contribution in [-0.4, -0.2) is 18.4 Å². The number of carbonyl (C=O) groups is 1. The minimum Gasteiger partial charge on any atom is -0.494 e. The highest BCUT2D eigenvalue weighted by Crippen LogP contribution is 2.27. The minimum absolute atomic E-state index is 0.00945. The predicted molar refractivity (Wildman–Crippen MR) is 61.6 cm³/mol. The van der Waals surface area contributed by atoms with Gasteiger partial charge in [0, 0.05) is 11.8 Å². The van der Waals surface area contributed by atoms with Crippen LogP contribution in [0.15, 0.2) is 36.5 Å². The lowest BCUT2D eigenvalue weighted by Gasteiger charge is -2.07. The number of benzene rings is 1. The second-order valence-electron chi connectivity index (χ2n) is 3.41. The molecule has 0 N–H and O–H groups in total. The summed E-state index contributed by atoms with van der Waals surface area (Å²) >= 11 is 0. The van der Waals surface area contributed by atoms with E-state index in [1.165, 1.54) is 19.2 Å². The molecule has 4 heteroatoms. The van der Waals surface area contributed by atoms with Crippen LogP contribution in [0.4, 0.5) is 4.39 Å². The maximum absolute atomic E-state index is 13.2. The Morgan fingerprint density at radius 3 is 2.88 bits per heavy atom. The summed E-state index contributed by atoms with van der Waals surface area (Å²) < 4.78 is 18.3. The molecule has 0 spiro atoms. The van der Waals surface area contributed by atoms with E-state index in [9.17, 15) is 9.18 Å². The van der Waals surface area contributed by atoms with Crippen molar-refractivity contribution in [2.45, 2.75) is 0 Å². The van der Waals surface area contributed by atoms with Crippen LogP contribution in [0.3, 0.4) is 0 Å². The summed E-state index contributed by atoms with van der Waals surface area (Å²) in [5, 5.41) is 0. The first-order valence-electron chi connectivity index (χ1n) is 5.00. The quantitative estimate of drug-likeness (QED) is 0.762. The van der Waals surface area contributed by atoms with Crippen molar-refractivity contribution in [2.75, 3.05) is 7.11 Å². The Labute approximate surface area is 97.9 Å². The van der Waals surface area contributed by atoms with E-state index in [0.29, 0.717) is 23.3 Å². The van der Waals surface area contributed by atoms with Gasteiger partial charge in [0.1, 0.15) is 17.3 Å². The molecule has 0 unspecified atom stereocenters. The van der Waals surface area contributed by atoms with Crippen molar-refractivity contribution in [1.29, 1.82) is 0 Å². The van der Waals surface area contributed by atoms with E-state index in [2.05, 4.69) is 4.98 Å². The fourth-order valence-corrected chi connectivity index (χ4v) is 1.55. The molecule has 0 aliphatic rings. The van der Waals surface area contributed by atoms with Gasteiger partial charge >= 0.3 is 0 Å². The molecule has 1 heterocycles. The molecule has 0 aliphatic carbocycles. The number of rotatable bonds is 3. The van der Waals surface area contributed by atoms with Crippen LogP contribution in [0.2, 0.25) is 0 Å². The third-order valence-electron chi connectivity index (χ3n) is 2.39. The molecule has 1 aromatic carbocycles. The van der Waals surface area contributed by atoms with Crippen LogP contribution in [-0.2, 0) is 0 Å². The summed E-state index contributed by atoms with van der Waals surface area (Å²) in [5.74, 6) is 0.0367. The Morgan fingerprint density at radius 1 is 1.35 bits per heavy atom. The second kappa shape index (κ2) is 4.74. The topological polar surface area (TPSA) is 39.2 Å². The van der Waals surface area contributed by atoms with Gasteiger partial charge in [-0.15, -0.1) is 0 Å². The minimum atomic E-state index is -0.543. The van der Waals surface area contributed by atoms with Crippen molar-refractivity contribution < 1.29 is 13.9 Å². The first-order valence-corrected chi connectivity index (χ1v) is 5.00. The number of pyridine rings is 1. The third kappa shape index (κ3) is 2.15. The zero-order valence-electron chi connectivity index (χ0n) is 9.18. The van der Waals surface area contributed by atoms with Crippen molar-refractivity contribution in [3.05, 3.63) is 47.9 Å². The van der Waals surface area contributed by atoms with Gasteiger partial charge in [-0.2, -0.15) is 0 Å². The van der Waals surface area contributed by atoms with Crippen molar-refractivity contribution >= 4 is 6.29 Å². The Hall–Kier alpha value is -2.23. The second-order valence-corrected chi connectivity index (χ2v) is 3.41. The number of hydrogen-bond acceptors (Lipinski definition) is 3. The number of aldehydes is 1. The van der Waals surface area contributed by atoms with Crippen LogP contribution in [0.1, 0.15) is 10.4 Å².